The van der Waals surface area contributed by atoms with E-state index in [-0.39, 0.29) is 0 Å². The van der Waals surface area contributed by atoms with Crippen molar-refractivity contribution < 1.29 is 0 Å². The Morgan fingerprint density at radius 1 is 0.250 bits per heavy atom. The van der Waals surface area contributed by atoms with Gasteiger partial charge in [0, 0.05) is 0 Å². The molecule has 0 fully saturated rings. The molecule has 0 aliphatic heterocycles. The second-order valence-electron chi connectivity index (χ2n) is 11.5. The van der Waals surface area contributed by atoms with Gasteiger partial charge < -0.3 is 0 Å². The molecule has 0 N–H and O–H groups in total. The quantitative estimate of drug-likeness (QED) is 0.181. The first-order valence-corrected chi connectivity index (χ1v) is 14.0. The lowest BCUT2D eigenvalue weighted by Gasteiger charge is -2.08. The highest BCUT2D eigenvalue weighted by Gasteiger charge is 2.27. The van der Waals surface area contributed by atoms with Crippen LogP contribution in [0.25, 0.3) is 87.9 Å². The van der Waals surface area contributed by atoms with E-state index in [2.05, 4.69) is 133 Å². The highest BCUT2D eigenvalue weighted by molar-refractivity contribution is 6.28. The van der Waals surface area contributed by atoms with E-state index in [1.807, 2.05) is 0 Å². The summed E-state index contributed by atoms with van der Waals surface area (Å²) < 4.78 is 0. The fraction of sp³-hybridized carbons (Fsp3) is 0. The molecule has 0 amide bonds. The predicted octanol–water partition coefficient (Wildman–Crippen LogP) is 11.0. The van der Waals surface area contributed by atoms with Crippen LogP contribution in [0.2, 0.25) is 0 Å². The summed E-state index contributed by atoms with van der Waals surface area (Å²) in [6.45, 7) is 0. The summed E-state index contributed by atoms with van der Waals surface area (Å²) in [4.78, 5) is 0. The number of hydrogen-bond acceptors (Lipinski definition) is 0. The van der Waals surface area contributed by atoms with E-state index in [1.54, 1.807) is 0 Å². The summed E-state index contributed by atoms with van der Waals surface area (Å²) >= 11 is 0. The molecule has 2 aliphatic rings. The predicted molar refractivity (Wildman–Crippen MR) is 174 cm³/mol. The van der Waals surface area contributed by atoms with Crippen LogP contribution in [0.1, 0.15) is 22.3 Å². The lowest BCUT2D eigenvalue weighted by atomic mass is 9.95. The number of allylic oxidation sites excluding steroid dienone is 2. The van der Waals surface area contributed by atoms with Crippen LogP contribution < -0.4 is 0 Å². The molecule has 182 valence electrons. The molecule has 0 nitrogen and oxygen atoms in total. The van der Waals surface area contributed by atoms with E-state index in [4.69, 9.17) is 0 Å². The minimum absolute atomic E-state index is 1.29. The molecule has 0 saturated carbocycles. The summed E-state index contributed by atoms with van der Waals surface area (Å²) in [6.07, 6.45) is 4.80. The summed E-state index contributed by atoms with van der Waals surface area (Å²) in [7, 11) is 0. The van der Waals surface area contributed by atoms with Crippen LogP contribution in [0.3, 0.4) is 0 Å². The normalized spacial score (nSPS) is 13.8. The lowest BCUT2D eigenvalue weighted by molar-refractivity contribution is 1.68. The third-order valence-corrected chi connectivity index (χ3v) is 9.13. The third kappa shape index (κ3) is 2.80. The molecule has 8 aromatic carbocycles. The fourth-order valence-corrected chi connectivity index (χ4v) is 7.14. The minimum Gasteiger partial charge on any atom is -0.0616 e. The van der Waals surface area contributed by atoms with Crippen molar-refractivity contribution in [1.29, 1.82) is 0 Å². The maximum Gasteiger partial charge on any atom is -0.00926 e. The van der Waals surface area contributed by atoms with Gasteiger partial charge in [0.2, 0.25) is 0 Å². The first-order valence-electron chi connectivity index (χ1n) is 14.0. The van der Waals surface area contributed by atoms with Crippen LogP contribution >= 0.6 is 0 Å². The van der Waals surface area contributed by atoms with Gasteiger partial charge in [-0.25, -0.2) is 0 Å². The molecule has 0 aromatic heterocycles. The van der Waals surface area contributed by atoms with Gasteiger partial charge in [-0.2, -0.15) is 0 Å². The minimum atomic E-state index is 1.29. The van der Waals surface area contributed by atoms with Crippen molar-refractivity contribution >= 4 is 87.9 Å². The number of hydrogen-bond donors (Lipinski definition) is 0. The Morgan fingerprint density at radius 3 is 0.875 bits per heavy atom. The van der Waals surface area contributed by atoms with Crippen LogP contribution in [0, 0.1) is 0 Å². The first kappa shape index (κ1) is 20.7. The Hall–Kier alpha value is -5.20. The molecule has 0 saturated heterocycles. The van der Waals surface area contributed by atoms with E-state index in [1.165, 1.54) is 98.0 Å². The van der Waals surface area contributed by atoms with Gasteiger partial charge >= 0.3 is 0 Å². The van der Waals surface area contributed by atoms with Crippen molar-refractivity contribution in [2.75, 3.05) is 0 Å². The molecule has 8 aromatic rings. The van der Waals surface area contributed by atoms with Crippen molar-refractivity contribution in [2.45, 2.75) is 0 Å². The Balaban J connectivity index is 1.14. The fourth-order valence-electron chi connectivity index (χ4n) is 7.14. The molecule has 0 heteroatoms. The lowest BCUT2D eigenvalue weighted by Crippen LogP contribution is -1.84. The zero-order valence-electron chi connectivity index (χ0n) is 21.7. The SMILES string of the molecule is C1=C2C(=Cc3cc4cc5cc6ccccc6cc5cc4cc32)c2cc3cc4cc5ccccc5cc4cc3cc21. The molecule has 40 heavy (non-hydrogen) atoms. The topological polar surface area (TPSA) is 0 Å². The summed E-state index contributed by atoms with van der Waals surface area (Å²) in [5, 5.41) is 15.6. The van der Waals surface area contributed by atoms with Gasteiger partial charge in [-0.1, -0.05) is 48.5 Å². The zero-order valence-corrected chi connectivity index (χ0v) is 21.7. The van der Waals surface area contributed by atoms with Crippen molar-refractivity contribution in [3.8, 4) is 0 Å². The first-order chi connectivity index (χ1) is 19.7. The van der Waals surface area contributed by atoms with Crippen LogP contribution in [-0.4, -0.2) is 0 Å². The van der Waals surface area contributed by atoms with Crippen LogP contribution in [0.4, 0.5) is 0 Å². The van der Waals surface area contributed by atoms with Gasteiger partial charge in [0.05, 0.1) is 0 Å². The second-order valence-corrected chi connectivity index (χ2v) is 11.5. The van der Waals surface area contributed by atoms with Crippen LogP contribution in [0.5, 0.6) is 0 Å². The van der Waals surface area contributed by atoms with E-state index in [0.29, 0.717) is 0 Å². The molecule has 10 rings (SSSR count). The Bertz CT molecular complexity index is 2340. The van der Waals surface area contributed by atoms with Gasteiger partial charge in [0.1, 0.15) is 0 Å². The summed E-state index contributed by atoms with van der Waals surface area (Å²) in [6, 6.07) is 45.6. The van der Waals surface area contributed by atoms with Gasteiger partial charge in [-0.3, -0.25) is 0 Å². The van der Waals surface area contributed by atoms with E-state index in [0.717, 1.165) is 0 Å². The maximum atomic E-state index is 2.40. The van der Waals surface area contributed by atoms with Gasteiger partial charge in [0.15, 0.2) is 0 Å². The second kappa shape index (κ2) is 7.25. The van der Waals surface area contributed by atoms with Crippen molar-refractivity contribution in [2.24, 2.45) is 0 Å². The Kier molecular flexibility index (Phi) is 3.76. The number of fused-ring (bicyclic) bond motifs is 11. The standard InChI is InChI=1S/C40H22/c1-3-7-25-11-29-15-33-19-37-35(17-31(33)13-27(29)9-23(25)5-1)21-39-38-20-34-16-30-12-26-8-4-2-6-24(26)10-28(30)14-32(34)18-36(38)22-40(37)39/h1-22H. The zero-order chi connectivity index (χ0) is 25.9. The average molecular weight is 503 g/mol. The molecule has 0 atom stereocenters. The molecule has 2 aliphatic carbocycles. The van der Waals surface area contributed by atoms with Gasteiger partial charge in [-0.05, 0) is 183 Å². The largest absolute Gasteiger partial charge is 0.0616 e. The Labute approximate surface area is 231 Å². The molecular weight excluding hydrogens is 480 g/mol. The molecular formula is C40H22. The van der Waals surface area contributed by atoms with Crippen molar-refractivity contribution in [3.05, 3.63) is 144 Å². The highest BCUT2D eigenvalue weighted by atomic mass is 14.3. The molecule has 0 radical (unpaired) electrons. The van der Waals surface area contributed by atoms with Crippen molar-refractivity contribution in [1.82, 2.24) is 0 Å². The third-order valence-electron chi connectivity index (χ3n) is 9.13. The average Bonchev–Trinajstić information content (AvgIpc) is 3.49. The smallest absolute Gasteiger partial charge is 0.00926 e. The van der Waals surface area contributed by atoms with Crippen LogP contribution in [0.15, 0.2) is 121 Å². The molecule has 0 spiro atoms. The van der Waals surface area contributed by atoms with E-state index >= 15 is 0 Å². The van der Waals surface area contributed by atoms with Crippen molar-refractivity contribution in [3.63, 3.8) is 0 Å². The van der Waals surface area contributed by atoms with Crippen LogP contribution in [-0.2, 0) is 0 Å². The van der Waals surface area contributed by atoms with Gasteiger partial charge in [-0.15, -0.1) is 0 Å². The summed E-state index contributed by atoms with van der Waals surface area (Å²) in [5.74, 6) is 0. The monoisotopic (exact) mass is 502 g/mol. The van der Waals surface area contributed by atoms with Gasteiger partial charge in [0.25, 0.3) is 0 Å². The maximum absolute atomic E-state index is 2.40. The number of benzene rings is 8. The van der Waals surface area contributed by atoms with E-state index in [9.17, 15) is 0 Å². The molecule has 0 heterocycles. The highest BCUT2D eigenvalue weighted by Crippen LogP contribution is 2.50. The molecule has 0 unspecified atom stereocenters. The Morgan fingerprint density at radius 2 is 0.525 bits per heavy atom. The molecule has 0 bridgehead atoms. The summed E-state index contributed by atoms with van der Waals surface area (Å²) in [5.41, 5.74) is 8.06. The number of rotatable bonds is 0. The van der Waals surface area contributed by atoms with E-state index < -0.39 is 0 Å².